The first kappa shape index (κ1) is 18.8. The van der Waals surface area contributed by atoms with Crippen molar-refractivity contribution in [3.8, 4) is 0 Å². The Morgan fingerprint density at radius 3 is 2.52 bits per heavy atom. The van der Waals surface area contributed by atoms with Crippen LogP contribution in [0.4, 0.5) is 10.2 Å². The molecule has 142 valence electrons. The van der Waals surface area contributed by atoms with Crippen LogP contribution in [0.25, 0.3) is 0 Å². The zero-order valence-electron chi connectivity index (χ0n) is 15.3. The number of amides is 2. The molecule has 1 aliphatic rings. The number of rotatable bonds is 5. The molecular formula is C20H23FN4O2. The Kier molecular flexibility index (Phi) is 6.01. The molecule has 0 radical (unpaired) electrons. The van der Waals surface area contributed by atoms with Crippen molar-refractivity contribution in [3.63, 3.8) is 0 Å². The molecule has 2 aromatic rings. The number of hydrogen-bond donors (Lipinski definition) is 1. The van der Waals surface area contributed by atoms with Gasteiger partial charge in [-0.1, -0.05) is 18.2 Å². The average Bonchev–Trinajstić information content (AvgIpc) is 2.69. The summed E-state index contributed by atoms with van der Waals surface area (Å²) in [6.45, 7) is 4.22. The van der Waals surface area contributed by atoms with E-state index in [0.717, 1.165) is 0 Å². The lowest BCUT2D eigenvalue weighted by atomic mass is 10.1. The van der Waals surface area contributed by atoms with Gasteiger partial charge in [0.15, 0.2) is 0 Å². The molecule has 0 saturated carbocycles. The molecule has 1 aromatic carbocycles. The molecule has 2 heterocycles. The molecule has 7 heteroatoms. The number of pyridine rings is 1. The molecule has 6 nitrogen and oxygen atoms in total. The normalized spacial score (nSPS) is 14.1. The third kappa shape index (κ3) is 4.81. The van der Waals surface area contributed by atoms with Crippen molar-refractivity contribution >= 4 is 17.6 Å². The van der Waals surface area contributed by atoms with E-state index in [-0.39, 0.29) is 17.6 Å². The van der Waals surface area contributed by atoms with Gasteiger partial charge in [-0.05, 0) is 30.2 Å². The largest absolute Gasteiger partial charge is 0.370 e. The van der Waals surface area contributed by atoms with Gasteiger partial charge in [-0.2, -0.15) is 0 Å². The predicted molar refractivity (Wildman–Crippen MR) is 101 cm³/mol. The molecule has 1 saturated heterocycles. The fraction of sp³-hybridized carbons (Fsp3) is 0.350. The fourth-order valence-corrected chi connectivity index (χ4v) is 3.09. The second kappa shape index (κ2) is 8.62. The van der Waals surface area contributed by atoms with Crippen LogP contribution in [-0.2, 0) is 11.2 Å². The maximum Gasteiger partial charge on any atom is 0.254 e. The molecule has 0 spiro atoms. The van der Waals surface area contributed by atoms with Gasteiger partial charge in [-0.15, -0.1) is 0 Å². The van der Waals surface area contributed by atoms with E-state index in [1.54, 1.807) is 47.2 Å². The van der Waals surface area contributed by atoms with Gasteiger partial charge in [0.25, 0.3) is 5.91 Å². The number of halogens is 1. The van der Waals surface area contributed by atoms with Crippen LogP contribution in [0.5, 0.6) is 0 Å². The summed E-state index contributed by atoms with van der Waals surface area (Å²) in [6, 6.07) is 10.1. The van der Waals surface area contributed by atoms with Crippen LogP contribution in [-0.4, -0.2) is 59.3 Å². The van der Waals surface area contributed by atoms with Gasteiger partial charge < -0.3 is 15.1 Å². The highest BCUT2D eigenvalue weighted by Crippen LogP contribution is 2.13. The van der Waals surface area contributed by atoms with Crippen molar-refractivity contribution in [2.24, 2.45) is 0 Å². The van der Waals surface area contributed by atoms with E-state index in [4.69, 9.17) is 0 Å². The molecule has 3 rings (SSSR count). The van der Waals surface area contributed by atoms with Crippen molar-refractivity contribution in [3.05, 3.63) is 59.5 Å². The monoisotopic (exact) mass is 370 g/mol. The number of piperazine rings is 1. The van der Waals surface area contributed by atoms with E-state index < -0.39 is 0 Å². The number of anilines is 1. The van der Waals surface area contributed by atoms with Gasteiger partial charge >= 0.3 is 0 Å². The van der Waals surface area contributed by atoms with Crippen molar-refractivity contribution in [2.75, 3.05) is 38.0 Å². The van der Waals surface area contributed by atoms with Gasteiger partial charge in [0.1, 0.15) is 11.6 Å². The SMILES string of the molecule is CC(=O)N1CCN(C(=O)c2ccnc(NCCc3ccccc3F)c2)CC1. The highest BCUT2D eigenvalue weighted by atomic mass is 19.1. The number of nitrogens with one attached hydrogen (secondary N) is 1. The van der Waals surface area contributed by atoms with Crippen LogP contribution in [0.2, 0.25) is 0 Å². The Bertz CT molecular complexity index is 819. The first-order chi connectivity index (χ1) is 13.0. The molecule has 1 aliphatic heterocycles. The number of nitrogens with zero attached hydrogens (tertiary/aromatic N) is 3. The summed E-state index contributed by atoms with van der Waals surface area (Å²) in [5, 5.41) is 3.14. The number of benzene rings is 1. The summed E-state index contributed by atoms with van der Waals surface area (Å²) < 4.78 is 13.7. The molecule has 0 atom stereocenters. The molecular weight excluding hydrogens is 347 g/mol. The summed E-state index contributed by atoms with van der Waals surface area (Å²) in [5.74, 6) is 0.325. The van der Waals surface area contributed by atoms with Crippen molar-refractivity contribution in [2.45, 2.75) is 13.3 Å². The van der Waals surface area contributed by atoms with Crippen LogP contribution in [0.3, 0.4) is 0 Å². The molecule has 0 aliphatic carbocycles. The van der Waals surface area contributed by atoms with E-state index in [2.05, 4.69) is 10.3 Å². The van der Waals surface area contributed by atoms with E-state index in [1.807, 2.05) is 6.07 Å². The smallest absolute Gasteiger partial charge is 0.254 e. The third-order valence-electron chi connectivity index (χ3n) is 4.68. The second-order valence-corrected chi connectivity index (χ2v) is 6.50. The first-order valence-electron chi connectivity index (χ1n) is 9.02. The predicted octanol–water partition coefficient (Wildman–Crippen LogP) is 2.18. The molecule has 1 N–H and O–H groups in total. The van der Waals surface area contributed by atoms with Crippen molar-refractivity contribution < 1.29 is 14.0 Å². The molecule has 1 aromatic heterocycles. The number of carbonyl (C=O) groups is 2. The Balaban J connectivity index is 1.56. The Morgan fingerprint density at radius 2 is 1.81 bits per heavy atom. The Labute approximate surface area is 158 Å². The molecule has 0 bridgehead atoms. The summed E-state index contributed by atoms with van der Waals surface area (Å²) in [5.41, 5.74) is 1.19. The zero-order chi connectivity index (χ0) is 19.2. The van der Waals surface area contributed by atoms with Gasteiger partial charge in [0, 0.05) is 51.4 Å². The Morgan fingerprint density at radius 1 is 1.11 bits per heavy atom. The minimum absolute atomic E-state index is 0.0346. The number of aromatic nitrogens is 1. The van der Waals surface area contributed by atoms with Gasteiger partial charge in [0.05, 0.1) is 0 Å². The van der Waals surface area contributed by atoms with E-state index >= 15 is 0 Å². The maximum absolute atomic E-state index is 13.7. The third-order valence-corrected chi connectivity index (χ3v) is 4.68. The highest BCUT2D eigenvalue weighted by molar-refractivity contribution is 5.95. The molecule has 27 heavy (non-hydrogen) atoms. The van der Waals surface area contributed by atoms with E-state index in [0.29, 0.717) is 56.1 Å². The van der Waals surface area contributed by atoms with Gasteiger partial charge in [-0.3, -0.25) is 9.59 Å². The summed E-state index contributed by atoms with van der Waals surface area (Å²) in [7, 11) is 0. The quantitative estimate of drug-likeness (QED) is 0.876. The standard InChI is InChI=1S/C20H23FN4O2/c1-15(26)24-10-12-25(13-11-24)20(27)17-7-9-23-19(14-17)22-8-6-16-4-2-3-5-18(16)21/h2-5,7,9,14H,6,8,10-13H2,1H3,(H,22,23). The topological polar surface area (TPSA) is 65.5 Å². The lowest BCUT2D eigenvalue weighted by Gasteiger charge is -2.34. The van der Waals surface area contributed by atoms with Crippen LogP contribution in [0.1, 0.15) is 22.8 Å². The van der Waals surface area contributed by atoms with Crippen LogP contribution < -0.4 is 5.32 Å². The number of hydrogen-bond acceptors (Lipinski definition) is 4. The van der Waals surface area contributed by atoms with Gasteiger partial charge in [-0.25, -0.2) is 9.37 Å². The second-order valence-electron chi connectivity index (χ2n) is 6.50. The van der Waals surface area contributed by atoms with Gasteiger partial charge in [0.2, 0.25) is 5.91 Å². The molecule has 0 unspecified atom stereocenters. The summed E-state index contributed by atoms with van der Waals surface area (Å²) in [4.78, 5) is 31.8. The van der Waals surface area contributed by atoms with E-state index in [1.165, 1.54) is 6.07 Å². The van der Waals surface area contributed by atoms with E-state index in [9.17, 15) is 14.0 Å². The average molecular weight is 370 g/mol. The lowest BCUT2D eigenvalue weighted by molar-refractivity contribution is -0.130. The lowest BCUT2D eigenvalue weighted by Crippen LogP contribution is -2.50. The maximum atomic E-state index is 13.7. The fourth-order valence-electron chi connectivity index (χ4n) is 3.09. The van der Waals surface area contributed by atoms with Crippen LogP contribution in [0, 0.1) is 5.82 Å². The first-order valence-corrected chi connectivity index (χ1v) is 9.02. The van der Waals surface area contributed by atoms with Crippen molar-refractivity contribution in [1.29, 1.82) is 0 Å². The Hall–Kier alpha value is -2.96. The summed E-state index contributed by atoms with van der Waals surface area (Å²) in [6.07, 6.45) is 2.12. The summed E-state index contributed by atoms with van der Waals surface area (Å²) >= 11 is 0. The minimum atomic E-state index is -0.221. The highest BCUT2D eigenvalue weighted by Gasteiger charge is 2.23. The van der Waals surface area contributed by atoms with Crippen molar-refractivity contribution in [1.82, 2.24) is 14.8 Å². The molecule has 1 fully saturated rings. The zero-order valence-corrected chi connectivity index (χ0v) is 15.3. The van der Waals surface area contributed by atoms with Crippen LogP contribution in [0.15, 0.2) is 42.6 Å². The van der Waals surface area contributed by atoms with Crippen LogP contribution >= 0.6 is 0 Å². The minimum Gasteiger partial charge on any atom is -0.370 e. The molecule has 2 amide bonds. The number of carbonyl (C=O) groups excluding carboxylic acids is 2.